The fourth-order valence-electron chi connectivity index (χ4n) is 2.79. The van der Waals surface area contributed by atoms with Gasteiger partial charge in [-0.15, -0.1) is 0 Å². The Labute approximate surface area is 221 Å². The molecule has 0 bridgehead atoms. The summed E-state index contributed by atoms with van der Waals surface area (Å²) in [6, 6.07) is 0. The normalized spacial score (nSPS) is 15.3. The summed E-state index contributed by atoms with van der Waals surface area (Å²) < 4.78 is 0. The minimum atomic E-state index is -0.0775. The highest BCUT2D eigenvalue weighted by Gasteiger charge is 2.10. The van der Waals surface area contributed by atoms with Crippen LogP contribution in [-0.2, 0) is 14.4 Å². The molecular weight excluding hydrogens is 458 g/mol. The Morgan fingerprint density at radius 2 is 0.556 bits per heavy atom. The molecule has 0 unspecified atom stereocenters. The van der Waals surface area contributed by atoms with E-state index >= 15 is 0 Å². The molecule has 0 radical (unpaired) electrons. The van der Waals surface area contributed by atoms with Crippen molar-refractivity contribution in [2.75, 3.05) is 52.4 Å². The van der Waals surface area contributed by atoms with Gasteiger partial charge in [0, 0.05) is 89.7 Å². The summed E-state index contributed by atoms with van der Waals surface area (Å²) in [5.74, 6) is 0.0764. The van der Waals surface area contributed by atoms with Gasteiger partial charge in [-0.05, 0) is 62.3 Å². The van der Waals surface area contributed by atoms with Gasteiger partial charge in [0.15, 0.2) is 0 Å². The summed E-state index contributed by atoms with van der Waals surface area (Å²) in [5, 5.41) is 21.7. The Balaban J connectivity index is -0.000000412. The van der Waals surface area contributed by atoms with Crippen molar-refractivity contribution in [2.24, 2.45) is 0 Å². The quantitative estimate of drug-likeness (QED) is 0.256. The molecular formula is C26H59N7O3. The van der Waals surface area contributed by atoms with E-state index < -0.39 is 0 Å². The standard InChI is InChI=1S/C8H20N4.3C6H13NO/c1-2-10-5-6-12-8-7-11-4-3-9-1;3*1-5(8)7-6(2,3)4/h9-12H,1-8H2;3*1-4H3,(H,7,8). The Kier molecular flexibility index (Phi) is 23.0. The first-order valence-electron chi connectivity index (χ1n) is 12.9. The Bertz CT molecular complexity index is 473. The van der Waals surface area contributed by atoms with Crippen molar-refractivity contribution < 1.29 is 14.4 Å². The fraction of sp³-hybridized carbons (Fsp3) is 0.885. The molecule has 0 aromatic rings. The van der Waals surface area contributed by atoms with E-state index in [0.717, 1.165) is 52.4 Å². The molecule has 3 amide bonds. The lowest BCUT2D eigenvalue weighted by Crippen LogP contribution is -2.39. The molecule has 0 saturated carbocycles. The molecule has 36 heavy (non-hydrogen) atoms. The molecule has 1 rings (SSSR count). The number of hydrogen-bond acceptors (Lipinski definition) is 7. The molecule has 0 atom stereocenters. The summed E-state index contributed by atoms with van der Waals surface area (Å²) in [7, 11) is 0. The molecule has 0 spiro atoms. The van der Waals surface area contributed by atoms with Crippen molar-refractivity contribution in [3.05, 3.63) is 0 Å². The van der Waals surface area contributed by atoms with Gasteiger partial charge in [-0.3, -0.25) is 14.4 Å². The van der Waals surface area contributed by atoms with E-state index in [1.54, 1.807) is 0 Å². The van der Waals surface area contributed by atoms with Crippen LogP contribution in [-0.4, -0.2) is 86.7 Å². The number of rotatable bonds is 0. The van der Waals surface area contributed by atoms with Crippen LogP contribution in [0.1, 0.15) is 83.1 Å². The minimum absolute atomic E-state index is 0.0255. The van der Waals surface area contributed by atoms with E-state index in [1.807, 2.05) is 62.3 Å². The van der Waals surface area contributed by atoms with Gasteiger partial charge >= 0.3 is 0 Å². The second-order valence-corrected chi connectivity index (χ2v) is 11.8. The fourth-order valence-corrected chi connectivity index (χ4v) is 2.79. The third-order valence-electron chi connectivity index (χ3n) is 3.57. The zero-order chi connectivity index (χ0) is 28.8. The van der Waals surface area contributed by atoms with Gasteiger partial charge in [0.25, 0.3) is 0 Å². The zero-order valence-corrected chi connectivity index (χ0v) is 25.4. The largest absolute Gasteiger partial charge is 0.352 e. The third kappa shape index (κ3) is 49.4. The van der Waals surface area contributed by atoms with Gasteiger partial charge in [-0.25, -0.2) is 0 Å². The Morgan fingerprint density at radius 3 is 0.611 bits per heavy atom. The second-order valence-electron chi connectivity index (χ2n) is 11.8. The van der Waals surface area contributed by atoms with Crippen molar-refractivity contribution in [3.63, 3.8) is 0 Å². The predicted octanol–water partition coefficient (Wildman–Crippen LogP) is 1.12. The van der Waals surface area contributed by atoms with Gasteiger partial charge in [-0.2, -0.15) is 0 Å². The number of amides is 3. The molecule has 0 aliphatic carbocycles. The molecule has 1 heterocycles. The Morgan fingerprint density at radius 1 is 0.417 bits per heavy atom. The van der Waals surface area contributed by atoms with Crippen molar-refractivity contribution in [3.8, 4) is 0 Å². The van der Waals surface area contributed by atoms with Gasteiger partial charge in [0.2, 0.25) is 17.7 Å². The van der Waals surface area contributed by atoms with Gasteiger partial charge < -0.3 is 37.2 Å². The summed E-state index contributed by atoms with van der Waals surface area (Å²) in [5.41, 5.74) is -0.233. The van der Waals surface area contributed by atoms with E-state index in [0.29, 0.717) is 0 Å². The zero-order valence-electron chi connectivity index (χ0n) is 25.4. The number of nitrogens with one attached hydrogen (secondary N) is 7. The molecule has 1 aliphatic rings. The Hall–Kier alpha value is -1.75. The van der Waals surface area contributed by atoms with Crippen molar-refractivity contribution in [1.29, 1.82) is 0 Å². The maximum atomic E-state index is 10.3. The van der Waals surface area contributed by atoms with Gasteiger partial charge in [0.05, 0.1) is 0 Å². The van der Waals surface area contributed by atoms with E-state index in [-0.39, 0.29) is 34.3 Å². The highest BCUT2D eigenvalue weighted by Crippen LogP contribution is 1.97. The van der Waals surface area contributed by atoms with Crippen LogP contribution in [0.3, 0.4) is 0 Å². The molecule has 10 nitrogen and oxygen atoms in total. The number of carbonyl (C=O) groups excluding carboxylic acids is 3. The SMILES string of the molecule is C1CNCCNCCNCCN1.CC(=O)NC(C)(C)C.CC(=O)NC(C)(C)C.CC(=O)NC(C)(C)C. The molecule has 1 saturated heterocycles. The number of hydrogen-bond donors (Lipinski definition) is 7. The highest BCUT2D eigenvalue weighted by molar-refractivity contribution is 5.74. The average molecular weight is 518 g/mol. The van der Waals surface area contributed by atoms with Crippen molar-refractivity contribution in [1.82, 2.24) is 37.2 Å². The van der Waals surface area contributed by atoms with Crippen LogP contribution in [0, 0.1) is 0 Å². The van der Waals surface area contributed by atoms with E-state index in [9.17, 15) is 14.4 Å². The minimum Gasteiger partial charge on any atom is -0.352 e. The predicted molar refractivity (Wildman–Crippen MR) is 152 cm³/mol. The maximum Gasteiger partial charge on any atom is 0.217 e. The van der Waals surface area contributed by atoms with Crippen molar-refractivity contribution in [2.45, 2.75) is 99.7 Å². The molecule has 216 valence electrons. The van der Waals surface area contributed by atoms with Crippen LogP contribution in [0.4, 0.5) is 0 Å². The van der Waals surface area contributed by atoms with Crippen LogP contribution in [0.5, 0.6) is 0 Å². The summed E-state index contributed by atoms with van der Waals surface area (Å²) in [4.78, 5) is 31.0. The van der Waals surface area contributed by atoms with E-state index in [2.05, 4.69) is 37.2 Å². The van der Waals surface area contributed by atoms with Crippen molar-refractivity contribution >= 4 is 17.7 Å². The second kappa shape index (κ2) is 21.3. The van der Waals surface area contributed by atoms with Crippen LogP contribution < -0.4 is 37.2 Å². The first-order chi connectivity index (χ1) is 16.2. The van der Waals surface area contributed by atoms with E-state index in [1.165, 1.54) is 20.8 Å². The summed E-state index contributed by atoms with van der Waals surface area (Å²) in [6.07, 6.45) is 0. The summed E-state index contributed by atoms with van der Waals surface area (Å²) >= 11 is 0. The van der Waals surface area contributed by atoms with Crippen LogP contribution in [0.25, 0.3) is 0 Å². The topological polar surface area (TPSA) is 135 Å². The monoisotopic (exact) mass is 517 g/mol. The smallest absolute Gasteiger partial charge is 0.217 e. The highest BCUT2D eigenvalue weighted by atomic mass is 16.2. The third-order valence-corrected chi connectivity index (χ3v) is 3.57. The molecule has 1 aliphatic heterocycles. The molecule has 0 aromatic heterocycles. The first kappa shape index (κ1) is 38.8. The first-order valence-corrected chi connectivity index (χ1v) is 12.9. The van der Waals surface area contributed by atoms with Crippen LogP contribution in [0.15, 0.2) is 0 Å². The van der Waals surface area contributed by atoms with Crippen LogP contribution >= 0.6 is 0 Å². The molecule has 0 aromatic carbocycles. The van der Waals surface area contributed by atoms with Crippen LogP contribution in [0.2, 0.25) is 0 Å². The lowest BCUT2D eigenvalue weighted by Gasteiger charge is -2.18. The lowest BCUT2D eigenvalue weighted by atomic mass is 10.1. The molecule has 10 heteroatoms. The maximum absolute atomic E-state index is 10.3. The summed E-state index contributed by atoms with van der Waals surface area (Å²) in [6.45, 7) is 30.7. The molecule has 1 fully saturated rings. The van der Waals surface area contributed by atoms with E-state index in [4.69, 9.17) is 0 Å². The van der Waals surface area contributed by atoms with Gasteiger partial charge in [-0.1, -0.05) is 0 Å². The van der Waals surface area contributed by atoms with Gasteiger partial charge in [0.1, 0.15) is 0 Å². The lowest BCUT2D eigenvalue weighted by molar-refractivity contribution is -0.121. The number of carbonyl (C=O) groups is 3. The molecule has 7 N–H and O–H groups in total. The average Bonchev–Trinajstić information content (AvgIpc) is 2.57.